The summed E-state index contributed by atoms with van der Waals surface area (Å²) in [6, 6.07) is 9.14. The molecule has 2 heterocycles. The number of nitrogens with zero attached hydrogens (tertiary/aromatic N) is 1. The molecule has 0 bridgehead atoms. The quantitative estimate of drug-likeness (QED) is 0.816. The summed E-state index contributed by atoms with van der Waals surface area (Å²) >= 11 is 0. The van der Waals surface area contributed by atoms with Crippen molar-refractivity contribution in [3.63, 3.8) is 0 Å². The Kier molecular flexibility index (Phi) is 3.08. The third-order valence-corrected chi connectivity index (χ3v) is 4.28. The number of hydrogen-bond donors (Lipinski definition) is 1. The van der Waals surface area contributed by atoms with Crippen molar-refractivity contribution in [2.45, 2.75) is 25.3 Å². The van der Waals surface area contributed by atoms with Crippen molar-refractivity contribution < 1.29 is 4.79 Å². The van der Waals surface area contributed by atoms with Gasteiger partial charge in [-0.2, -0.15) is 0 Å². The van der Waals surface area contributed by atoms with Gasteiger partial charge in [0.25, 0.3) is 0 Å². The minimum atomic E-state index is 0.287. The molecule has 2 aliphatic heterocycles. The molecule has 2 unspecified atom stereocenters. The second-order valence-electron chi connectivity index (χ2n) is 5.45. The minimum Gasteiger partial charge on any atom is -0.345 e. The first kappa shape index (κ1) is 11.7. The maximum Gasteiger partial charge on any atom is 0.222 e. The van der Waals surface area contributed by atoms with E-state index in [1.807, 2.05) is 11.9 Å². The minimum absolute atomic E-state index is 0.287. The molecule has 96 valence electrons. The van der Waals surface area contributed by atoms with Crippen molar-refractivity contribution in [1.29, 1.82) is 0 Å². The molecular formula is C15H20N2O. The summed E-state index contributed by atoms with van der Waals surface area (Å²) in [5.41, 5.74) is 2.91. The zero-order valence-corrected chi connectivity index (χ0v) is 10.9. The van der Waals surface area contributed by atoms with E-state index < -0.39 is 0 Å². The van der Waals surface area contributed by atoms with E-state index in [-0.39, 0.29) is 5.91 Å². The molecule has 18 heavy (non-hydrogen) atoms. The van der Waals surface area contributed by atoms with Gasteiger partial charge in [0.2, 0.25) is 5.91 Å². The number of amides is 1. The van der Waals surface area contributed by atoms with Gasteiger partial charge in [0, 0.05) is 26.1 Å². The number of rotatable bonds is 1. The van der Waals surface area contributed by atoms with Crippen LogP contribution in [0.3, 0.4) is 0 Å². The highest BCUT2D eigenvalue weighted by molar-refractivity contribution is 5.76. The van der Waals surface area contributed by atoms with Gasteiger partial charge >= 0.3 is 0 Å². The molecule has 1 fully saturated rings. The van der Waals surface area contributed by atoms with Gasteiger partial charge in [-0.05, 0) is 36.4 Å². The summed E-state index contributed by atoms with van der Waals surface area (Å²) in [6.45, 7) is 1.93. The molecule has 1 amide bonds. The van der Waals surface area contributed by atoms with Crippen molar-refractivity contribution in [2.24, 2.45) is 5.92 Å². The summed E-state index contributed by atoms with van der Waals surface area (Å²) in [5, 5.41) is 3.64. The van der Waals surface area contributed by atoms with Crippen molar-refractivity contribution in [3.8, 4) is 0 Å². The van der Waals surface area contributed by atoms with Crippen molar-refractivity contribution >= 4 is 5.91 Å². The number of carbonyl (C=O) groups excluding carboxylic acids is 1. The van der Waals surface area contributed by atoms with Crippen LogP contribution in [-0.4, -0.2) is 30.9 Å². The van der Waals surface area contributed by atoms with Crippen LogP contribution >= 0.6 is 0 Å². The Morgan fingerprint density at radius 2 is 2.11 bits per heavy atom. The van der Waals surface area contributed by atoms with E-state index in [0.29, 0.717) is 18.4 Å². The average Bonchev–Trinajstić information content (AvgIpc) is 2.41. The van der Waals surface area contributed by atoms with Gasteiger partial charge < -0.3 is 10.2 Å². The Morgan fingerprint density at radius 3 is 2.94 bits per heavy atom. The first-order chi connectivity index (χ1) is 8.75. The van der Waals surface area contributed by atoms with Gasteiger partial charge in [0.15, 0.2) is 0 Å². The zero-order valence-electron chi connectivity index (χ0n) is 10.9. The van der Waals surface area contributed by atoms with Crippen LogP contribution < -0.4 is 5.32 Å². The molecule has 3 heteroatoms. The largest absolute Gasteiger partial charge is 0.345 e. The van der Waals surface area contributed by atoms with Gasteiger partial charge in [-0.25, -0.2) is 0 Å². The SMILES string of the molecule is CN1CC(C2NCCc3ccccc32)CCC1=O. The molecule has 3 rings (SSSR count). The van der Waals surface area contributed by atoms with E-state index in [2.05, 4.69) is 29.6 Å². The highest BCUT2D eigenvalue weighted by Gasteiger charge is 2.32. The molecule has 2 atom stereocenters. The molecule has 1 N–H and O–H groups in total. The average molecular weight is 244 g/mol. The van der Waals surface area contributed by atoms with E-state index in [1.165, 1.54) is 11.1 Å². The molecule has 0 radical (unpaired) electrons. The second-order valence-corrected chi connectivity index (χ2v) is 5.45. The van der Waals surface area contributed by atoms with Crippen LogP contribution in [-0.2, 0) is 11.2 Å². The van der Waals surface area contributed by atoms with Crippen molar-refractivity contribution in [2.75, 3.05) is 20.1 Å². The third kappa shape index (κ3) is 2.03. The van der Waals surface area contributed by atoms with Crippen LogP contribution in [0.1, 0.15) is 30.0 Å². The van der Waals surface area contributed by atoms with Crippen LogP contribution in [0.15, 0.2) is 24.3 Å². The number of fused-ring (bicyclic) bond motifs is 1. The fourth-order valence-corrected chi connectivity index (χ4v) is 3.27. The van der Waals surface area contributed by atoms with E-state index in [0.717, 1.165) is 25.9 Å². The summed E-state index contributed by atoms with van der Waals surface area (Å²) < 4.78 is 0. The predicted octanol–water partition coefficient (Wildman–Crippen LogP) is 1.74. The number of piperidine rings is 1. The Bertz CT molecular complexity index is 458. The maximum absolute atomic E-state index is 11.6. The van der Waals surface area contributed by atoms with E-state index in [1.54, 1.807) is 0 Å². The Balaban J connectivity index is 1.83. The van der Waals surface area contributed by atoms with Crippen LogP contribution in [0.4, 0.5) is 0 Å². The lowest BCUT2D eigenvalue weighted by atomic mass is 9.82. The molecular weight excluding hydrogens is 224 g/mol. The molecule has 1 saturated heterocycles. The van der Waals surface area contributed by atoms with Crippen LogP contribution in [0.25, 0.3) is 0 Å². The molecule has 1 aromatic carbocycles. The topological polar surface area (TPSA) is 32.3 Å². The van der Waals surface area contributed by atoms with Gasteiger partial charge in [-0.15, -0.1) is 0 Å². The Labute approximate surface area is 108 Å². The van der Waals surface area contributed by atoms with Gasteiger partial charge in [0.05, 0.1) is 0 Å². The smallest absolute Gasteiger partial charge is 0.222 e. The number of hydrogen-bond acceptors (Lipinski definition) is 2. The normalized spacial score (nSPS) is 28.1. The molecule has 0 aliphatic carbocycles. The highest BCUT2D eigenvalue weighted by Crippen LogP contribution is 2.33. The highest BCUT2D eigenvalue weighted by atomic mass is 16.2. The number of likely N-dealkylation sites (tertiary alicyclic amines) is 1. The first-order valence-corrected chi connectivity index (χ1v) is 6.81. The first-order valence-electron chi connectivity index (χ1n) is 6.81. The van der Waals surface area contributed by atoms with Crippen LogP contribution in [0, 0.1) is 5.92 Å². The standard InChI is InChI=1S/C15H20N2O/c1-17-10-12(6-7-14(17)18)15-13-5-3-2-4-11(13)8-9-16-15/h2-5,12,15-16H,6-10H2,1H3. The predicted molar refractivity (Wildman–Crippen MR) is 71.3 cm³/mol. The fourth-order valence-electron chi connectivity index (χ4n) is 3.27. The van der Waals surface area contributed by atoms with Crippen molar-refractivity contribution in [3.05, 3.63) is 35.4 Å². The van der Waals surface area contributed by atoms with Gasteiger partial charge in [0.1, 0.15) is 0 Å². The molecule has 2 aliphatic rings. The molecule has 3 nitrogen and oxygen atoms in total. The lowest BCUT2D eigenvalue weighted by molar-refractivity contribution is -0.133. The monoisotopic (exact) mass is 244 g/mol. The third-order valence-electron chi connectivity index (χ3n) is 4.28. The summed E-state index contributed by atoms with van der Waals surface area (Å²) in [4.78, 5) is 13.5. The van der Waals surface area contributed by atoms with Crippen molar-refractivity contribution in [1.82, 2.24) is 10.2 Å². The maximum atomic E-state index is 11.6. The van der Waals surface area contributed by atoms with Crippen LogP contribution in [0.2, 0.25) is 0 Å². The summed E-state index contributed by atoms with van der Waals surface area (Å²) in [7, 11) is 1.92. The fraction of sp³-hybridized carbons (Fsp3) is 0.533. The molecule has 0 aromatic heterocycles. The number of benzene rings is 1. The van der Waals surface area contributed by atoms with E-state index in [4.69, 9.17) is 0 Å². The molecule has 0 spiro atoms. The van der Waals surface area contributed by atoms with Gasteiger partial charge in [-0.1, -0.05) is 24.3 Å². The summed E-state index contributed by atoms with van der Waals surface area (Å²) in [6.07, 6.45) is 2.82. The zero-order chi connectivity index (χ0) is 12.5. The van der Waals surface area contributed by atoms with E-state index in [9.17, 15) is 4.79 Å². The lowest BCUT2D eigenvalue weighted by Gasteiger charge is -2.38. The molecule has 1 aromatic rings. The summed E-state index contributed by atoms with van der Waals surface area (Å²) in [5.74, 6) is 0.837. The van der Waals surface area contributed by atoms with Gasteiger partial charge in [-0.3, -0.25) is 4.79 Å². The van der Waals surface area contributed by atoms with E-state index >= 15 is 0 Å². The van der Waals surface area contributed by atoms with Crippen LogP contribution in [0.5, 0.6) is 0 Å². The number of carbonyl (C=O) groups is 1. The molecule has 0 saturated carbocycles. The Morgan fingerprint density at radius 1 is 1.28 bits per heavy atom. The number of nitrogens with one attached hydrogen (secondary N) is 1. The second kappa shape index (κ2) is 4.73. The lowest BCUT2D eigenvalue weighted by Crippen LogP contribution is -2.44. The Hall–Kier alpha value is -1.35.